The lowest BCUT2D eigenvalue weighted by Gasteiger charge is -2.10. The van der Waals surface area contributed by atoms with Crippen molar-refractivity contribution in [1.29, 1.82) is 0 Å². The number of ether oxygens (including phenoxy) is 1. The van der Waals surface area contributed by atoms with E-state index in [4.69, 9.17) is 22.7 Å². The van der Waals surface area contributed by atoms with Crippen molar-refractivity contribution in [2.75, 3.05) is 17.2 Å². The van der Waals surface area contributed by atoms with Crippen molar-refractivity contribution in [2.24, 2.45) is 5.73 Å². The molecule has 0 saturated heterocycles. The van der Waals surface area contributed by atoms with Gasteiger partial charge in [-0.05, 0) is 50.3 Å². The van der Waals surface area contributed by atoms with Crippen molar-refractivity contribution in [1.82, 2.24) is 9.78 Å². The lowest BCUT2D eigenvalue weighted by molar-refractivity contribution is 0.0526. The van der Waals surface area contributed by atoms with Crippen LogP contribution in [-0.4, -0.2) is 33.4 Å². The first-order valence-electron chi connectivity index (χ1n) is 7.67. The largest absolute Gasteiger partial charge is 0.462 e. The van der Waals surface area contributed by atoms with Gasteiger partial charge in [0.1, 0.15) is 0 Å². The molecule has 0 spiro atoms. The topological polar surface area (TPSA) is 111 Å². The summed E-state index contributed by atoms with van der Waals surface area (Å²) in [4.78, 5) is 23.1. The number of aromatic nitrogens is 2. The minimum atomic E-state index is -0.642. The molecule has 8 nitrogen and oxygen atoms in total. The predicted molar refractivity (Wildman–Crippen MR) is 98.7 cm³/mol. The summed E-state index contributed by atoms with van der Waals surface area (Å²) in [6, 6.07) is 6.66. The minimum Gasteiger partial charge on any atom is -0.462 e. The molecule has 9 heteroatoms. The fourth-order valence-corrected chi connectivity index (χ4v) is 2.27. The molecule has 0 aliphatic carbocycles. The number of nitrogens with two attached hydrogens (primary N) is 1. The zero-order valence-corrected chi connectivity index (χ0v) is 14.7. The number of anilines is 2. The number of aryl methyl sites for hydroxylation is 1. The number of amides is 1. The maximum Gasteiger partial charge on any atom is 0.338 e. The molecule has 0 fully saturated rings. The summed E-state index contributed by atoms with van der Waals surface area (Å²) in [7, 11) is 0. The number of carbonyl (C=O) groups excluding carboxylic acids is 2. The monoisotopic (exact) mass is 361 g/mol. The summed E-state index contributed by atoms with van der Waals surface area (Å²) in [6.45, 7) is 4.56. The van der Waals surface area contributed by atoms with E-state index in [-0.39, 0.29) is 16.8 Å². The van der Waals surface area contributed by atoms with Crippen LogP contribution in [0.3, 0.4) is 0 Å². The summed E-state index contributed by atoms with van der Waals surface area (Å²) in [5, 5.41) is 10.2. The molecule has 0 radical (unpaired) electrons. The van der Waals surface area contributed by atoms with Crippen molar-refractivity contribution in [2.45, 2.75) is 20.4 Å². The van der Waals surface area contributed by atoms with Crippen LogP contribution in [0.5, 0.6) is 0 Å². The van der Waals surface area contributed by atoms with E-state index in [2.05, 4.69) is 15.7 Å². The van der Waals surface area contributed by atoms with Crippen molar-refractivity contribution in [3.8, 4) is 0 Å². The van der Waals surface area contributed by atoms with Crippen molar-refractivity contribution in [3.05, 3.63) is 41.7 Å². The predicted octanol–water partition coefficient (Wildman–Crippen LogP) is 1.99. The van der Waals surface area contributed by atoms with Gasteiger partial charge in [0.05, 0.1) is 17.9 Å². The number of hydrogen-bond acceptors (Lipinski definition) is 5. The first kappa shape index (κ1) is 18.4. The highest BCUT2D eigenvalue weighted by Crippen LogP contribution is 2.15. The fourth-order valence-electron chi connectivity index (χ4n) is 2.05. The molecule has 25 heavy (non-hydrogen) atoms. The molecule has 2 aromatic rings. The van der Waals surface area contributed by atoms with Crippen LogP contribution in [0.2, 0.25) is 0 Å². The smallest absolute Gasteiger partial charge is 0.338 e. The van der Waals surface area contributed by atoms with Gasteiger partial charge in [-0.1, -0.05) is 0 Å². The van der Waals surface area contributed by atoms with E-state index in [1.807, 2.05) is 6.92 Å². The Hall–Kier alpha value is -2.94. The van der Waals surface area contributed by atoms with E-state index in [0.717, 1.165) is 0 Å². The molecular formula is C16H19N5O3S. The van der Waals surface area contributed by atoms with Crippen molar-refractivity contribution < 1.29 is 14.3 Å². The third kappa shape index (κ3) is 4.77. The van der Waals surface area contributed by atoms with Crippen LogP contribution in [0.1, 0.15) is 34.7 Å². The number of hydrogen-bond donors (Lipinski definition) is 3. The Kier molecular flexibility index (Phi) is 6.07. The van der Waals surface area contributed by atoms with Gasteiger partial charge in [0.2, 0.25) is 0 Å². The first-order chi connectivity index (χ1) is 11.9. The normalized spacial score (nSPS) is 10.2. The Balaban J connectivity index is 2.04. The van der Waals surface area contributed by atoms with Gasteiger partial charge >= 0.3 is 5.97 Å². The number of esters is 1. The molecule has 1 heterocycles. The summed E-state index contributed by atoms with van der Waals surface area (Å²) in [5.41, 5.74) is 6.98. The second-order valence-corrected chi connectivity index (χ2v) is 5.40. The first-order valence-corrected chi connectivity index (χ1v) is 8.07. The van der Waals surface area contributed by atoms with Crippen LogP contribution in [0.4, 0.5) is 11.4 Å². The average Bonchev–Trinajstić information content (AvgIpc) is 2.98. The maximum atomic E-state index is 11.6. The van der Waals surface area contributed by atoms with E-state index in [9.17, 15) is 9.59 Å². The molecule has 1 aromatic heterocycles. The molecule has 0 atom stereocenters. The standard InChI is InChI=1S/C16H19N5O3S/c1-3-21-9-12(13(20-21)14(17)22)19-16(25)18-11-7-5-10(6-8-11)15(23)24-4-2/h5-9H,3-4H2,1-2H3,(H2,17,22)(H2,18,19,25). The third-order valence-corrected chi connectivity index (χ3v) is 3.43. The second kappa shape index (κ2) is 8.25. The SMILES string of the molecule is CCOC(=O)c1ccc(NC(=S)Nc2cn(CC)nc2C(N)=O)cc1. The zero-order valence-electron chi connectivity index (χ0n) is 13.9. The molecule has 0 aliphatic heterocycles. The highest BCUT2D eigenvalue weighted by Gasteiger charge is 2.15. The van der Waals surface area contributed by atoms with Crippen LogP contribution in [-0.2, 0) is 11.3 Å². The molecule has 0 aliphatic rings. The molecule has 4 N–H and O–H groups in total. The Morgan fingerprint density at radius 3 is 2.48 bits per heavy atom. The number of nitrogens with one attached hydrogen (secondary N) is 2. The van der Waals surface area contributed by atoms with Crippen molar-refractivity contribution in [3.63, 3.8) is 0 Å². The summed E-state index contributed by atoms with van der Waals surface area (Å²) >= 11 is 5.23. The average molecular weight is 361 g/mol. The van der Waals surface area contributed by atoms with Crippen LogP contribution in [0.25, 0.3) is 0 Å². The molecule has 2 rings (SSSR count). The zero-order chi connectivity index (χ0) is 18.4. The van der Waals surface area contributed by atoms with E-state index in [0.29, 0.717) is 30.1 Å². The quantitative estimate of drug-likeness (QED) is 0.533. The van der Waals surface area contributed by atoms with Gasteiger partial charge in [-0.3, -0.25) is 9.48 Å². The van der Waals surface area contributed by atoms with E-state index < -0.39 is 5.91 Å². The van der Waals surface area contributed by atoms with Gasteiger partial charge in [-0.25, -0.2) is 4.79 Å². The van der Waals surface area contributed by atoms with Crippen LogP contribution < -0.4 is 16.4 Å². The number of primary amides is 1. The van der Waals surface area contributed by atoms with Crippen LogP contribution in [0.15, 0.2) is 30.5 Å². The Morgan fingerprint density at radius 2 is 1.92 bits per heavy atom. The maximum absolute atomic E-state index is 11.6. The third-order valence-electron chi connectivity index (χ3n) is 3.22. The van der Waals surface area contributed by atoms with Gasteiger partial charge in [0, 0.05) is 18.4 Å². The lowest BCUT2D eigenvalue weighted by Crippen LogP contribution is -2.21. The van der Waals surface area contributed by atoms with E-state index in [1.54, 1.807) is 42.1 Å². The number of nitrogens with zero attached hydrogens (tertiary/aromatic N) is 2. The highest BCUT2D eigenvalue weighted by molar-refractivity contribution is 7.80. The fraction of sp³-hybridized carbons (Fsp3) is 0.250. The molecular weight excluding hydrogens is 342 g/mol. The molecule has 1 aromatic carbocycles. The Labute approximate surface area is 150 Å². The van der Waals surface area contributed by atoms with Gasteiger partial charge in [-0.2, -0.15) is 5.10 Å². The highest BCUT2D eigenvalue weighted by atomic mass is 32.1. The summed E-state index contributed by atoms with van der Waals surface area (Å²) in [6.07, 6.45) is 1.65. The molecule has 0 bridgehead atoms. The lowest BCUT2D eigenvalue weighted by atomic mass is 10.2. The summed E-state index contributed by atoms with van der Waals surface area (Å²) in [5.74, 6) is -1.02. The molecule has 0 saturated carbocycles. The minimum absolute atomic E-state index is 0.114. The van der Waals surface area contributed by atoms with Crippen molar-refractivity contribution >= 4 is 40.6 Å². The van der Waals surface area contributed by atoms with E-state index >= 15 is 0 Å². The second-order valence-electron chi connectivity index (χ2n) is 4.99. The number of carbonyl (C=O) groups is 2. The molecule has 1 amide bonds. The molecule has 132 valence electrons. The van der Waals surface area contributed by atoms with Gasteiger partial charge in [0.15, 0.2) is 10.8 Å². The Morgan fingerprint density at radius 1 is 1.24 bits per heavy atom. The number of thiocarbonyl (C=S) groups is 1. The van der Waals surface area contributed by atoms with Crippen LogP contribution >= 0.6 is 12.2 Å². The van der Waals surface area contributed by atoms with Gasteiger partial charge in [-0.15, -0.1) is 0 Å². The van der Waals surface area contributed by atoms with Gasteiger partial charge in [0.25, 0.3) is 5.91 Å². The number of rotatable bonds is 6. The summed E-state index contributed by atoms with van der Waals surface area (Å²) < 4.78 is 6.51. The van der Waals surface area contributed by atoms with E-state index in [1.165, 1.54) is 0 Å². The van der Waals surface area contributed by atoms with Crippen LogP contribution in [0, 0.1) is 0 Å². The number of benzene rings is 1. The Bertz CT molecular complexity index is 786. The van der Waals surface area contributed by atoms with Gasteiger partial charge < -0.3 is 21.1 Å². The molecule has 0 unspecified atom stereocenters.